The van der Waals surface area contributed by atoms with E-state index in [1.54, 1.807) is 25.3 Å². The molecular formula is C35H43FN2O4Si. The minimum absolute atomic E-state index is 0.0711. The van der Waals surface area contributed by atoms with Crippen LogP contribution in [0.1, 0.15) is 41.0 Å². The van der Waals surface area contributed by atoms with Crippen molar-refractivity contribution in [2.75, 3.05) is 19.7 Å². The van der Waals surface area contributed by atoms with Gasteiger partial charge >= 0.3 is 6.09 Å². The second-order valence-corrected chi connectivity index (χ2v) is 17.3. The smallest absolute Gasteiger partial charge is 0.414 e. The summed E-state index contributed by atoms with van der Waals surface area (Å²) in [5.74, 6) is 1.11. The molecule has 5 atom stereocenters. The monoisotopic (exact) mass is 602 g/mol. The first kappa shape index (κ1) is 30.9. The molecular weight excluding hydrogens is 559 g/mol. The van der Waals surface area contributed by atoms with Gasteiger partial charge in [-0.05, 0) is 63.7 Å². The van der Waals surface area contributed by atoms with E-state index >= 15 is 0 Å². The maximum absolute atomic E-state index is 14.8. The number of halogens is 1. The van der Waals surface area contributed by atoms with Gasteiger partial charge in [-0.15, -0.1) is 0 Å². The second-order valence-electron chi connectivity index (χ2n) is 13.0. The van der Waals surface area contributed by atoms with Crippen LogP contribution in [0.3, 0.4) is 0 Å². The molecule has 0 bridgehead atoms. The highest BCUT2D eigenvalue weighted by atomic mass is 28.4. The molecule has 1 unspecified atom stereocenters. The molecule has 5 rings (SSSR count). The lowest BCUT2D eigenvalue weighted by molar-refractivity contribution is -0.119. The normalized spacial score (nSPS) is 24.5. The quantitative estimate of drug-likeness (QED) is 0.272. The predicted octanol–water partition coefficient (Wildman–Crippen LogP) is 5.51. The number of rotatable bonds is 11. The van der Waals surface area contributed by atoms with E-state index in [4.69, 9.17) is 9.16 Å². The van der Waals surface area contributed by atoms with Crippen molar-refractivity contribution < 1.29 is 23.1 Å². The molecule has 1 saturated carbocycles. The van der Waals surface area contributed by atoms with Gasteiger partial charge in [0.1, 0.15) is 12.3 Å². The number of amides is 2. The standard InChI is InChI=1S/C35H43FN2O4Si/c1-24(36)30(17-12-18-38-22-27(42-34(38)40)21-37-25(2)39)26-19-31-32(20-26)33(31)23-41-43(35(3,4)5,28-13-8-6-9-14-28)29-15-10-7-11-16-29/h6-19,24,27,31-33H,20-23H2,1-5H3,(H,37,39)/t24?,27-,31-,32+,33+/m0/s1. The van der Waals surface area contributed by atoms with Crippen LogP contribution in [0, 0.1) is 17.8 Å². The number of nitrogens with one attached hydrogen (secondary N) is 1. The van der Waals surface area contributed by atoms with Crippen LogP contribution >= 0.6 is 0 Å². The fourth-order valence-corrected chi connectivity index (χ4v) is 11.4. The van der Waals surface area contributed by atoms with Crippen molar-refractivity contribution in [3.05, 3.63) is 96.2 Å². The van der Waals surface area contributed by atoms with Crippen molar-refractivity contribution in [2.24, 2.45) is 17.8 Å². The molecule has 43 heavy (non-hydrogen) atoms. The fourth-order valence-electron chi connectivity index (χ4n) is 6.77. The van der Waals surface area contributed by atoms with Gasteiger partial charge in [-0.3, -0.25) is 9.69 Å². The Labute approximate surface area is 255 Å². The molecule has 3 aliphatic rings. The molecule has 0 aromatic heterocycles. The zero-order chi connectivity index (χ0) is 30.8. The highest BCUT2D eigenvalue weighted by Gasteiger charge is 2.56. The summed E-state index contributed by atoms with van der Waals surface area (Å²) in [6.45, 7) is 11.2. The number of carbonyl (C=O) groups excluding carboxylic acids is 2. The van der Waals surface area contributed by atoms with Crippen LogP contribution in [-0.2, 0) is 14.0 Å². The summed E-state index contributed by atoms with van der Waals surface area (Å²) in [6, 6.07) is 21.4. The first-order valence-corrected chi connectivity index (χ1v) is 17.1. The lowest BCUT2D eigenvalue weighted by Crippen LogP contribution is -2.66. The maximum Gasteiger partial charge on any atom is 0.414 e. The van der Waals surface area contributed by atoms with Crippen molar-refractivity contribution in [3.8, 4) is 0 Å². The molecule has 1 N–H and O–H groups in total. The van der Waals surface area contributed by atoms with Crippen LogP contribution in [0.4, 0.5) is 9.18 Å². The molecule has 6 nitrogen and oxygen atoms in total. The third kappa shape index (κ3) is 6.55. The van der Waals surface area contributed by atoms with Crippen molar-refractivity contribution in [3.63, 3.8) is 0 Å². The Morgan fingerprint density at radius 2 is 1.77 bits per heavy atom. The van der Waals surface area contributed by atoms with Crippen LogP contribution < -0.4 is 15.7 Å². The minimum Gasteiger partial charge on any atom is -0.442 e. The Balaban J connectivity index is 1.27. The Morgan fingerprint density at radius 1 is 1.14 bits per heavy atom. The van der Waals surface area contributed by atoms with Gasteiger partial charge in [0, 0.05) is 19.7 Å². The van der Waals surface area contributed by atoms with Gasteiger partial charge in [0.25, 0.3) is 8.32 Å². The lowest BCUT2D eigenvalue weighted by Gasteiger charge is -2.43. The van der Waals surface area contributed by atoms with Gasteiger partial charge in [0.15, 0.2) is 0 Å². The second kappa shape index (κ2) is 12.6. The number of fused-ring (bicyclic) bond motifs is 1. The summed E-state index contributed by atoms with van der Waals surface area (Å²) < 4.78 is 27.2. The third-order valence-electron chi connectivity index (χ3n) is 8.98. The number of nitrogens with zero attached hydrogens (tertiary/aromatic N) is 1. The number of benzene rings is 2. The molecule has 1 aliphatic heterocycles. The van der Waals surface area contributed by atoms with Crippen molar-refractivity contribution in [2.45, 2.75) is 58.4 Å². The van der Waals surface area contributed by atoms with Gasteiger partial charge in [0.05, 0.1) is 13.1 Å². The molecule has 2 aliphatic carbocycles. The van der Waals surface area contributed by atoms with Crippen LogP contribution in [0.2, 0.25) is 5.04 Å². The lowest BCUT2D eigenvalue weighted by atomic mass is 9.97. The molecule has 228 valence electrons. The third-order valence-corrected chi connectivity index (χ3v) is 14.0. The average molecular weight is 603 g/mol. The van der Waals surface area contributed by atoms with E-state index in [-0.39, 0.29) is 17.5 Å². The molecule has 2 aromatic carbocycles. The highest BCUT2D eigenvalue weighted by molar-refractivity contribution is 6.99. The molecule has 1 saturated heterocycles. The summed E-state index contributed by atoms with van der Waals surface area (Å²) in [5.41, 5.74) is 1.70. The number of ether oxygens (including phenoxy) is 1. The van der Waals surface area contributed by atoms with Crippen LogP contribution in [0.5, 0.6) is 0 Å². The molecule has 0 spiro atoms. The summed E-state index contributed by atoms with van der Waals surface area (Å²) in [5, 5.41) is 5.15. The maximum atomic E-state index is 14.8. The zero-order valence-corrected chi connectivity index (χ0v) is 26.8. The summed E-state index contributed by atoms with van der Waals surface area (Å²) in [4.78, 5) is 24.8. The molecule has 1 heterocycles. The van der Waals surface area contributed by atoms with Gasteiger partial charge in [0.2, 0.25) is 5.91 Å². The Bertz CT molecular complexity index is 1360. The summed E-state index contributed by atoms with van der Waals surface area (Å²) in [7, 11) is -2.59. The average Bonchev–Trinajstić information content (AvgIpc) is 3.25. The van der Waals surface area contributed by atoms with E-state index in [1.807, 2.05) is 0 Å². The Hall–Kier alpha value is -3.49. The van der Waals surface area contributed by atoms with Gasteiger partial charge in [-0.25, -0.2) is 9.18 Å². The number of hydrogen-bond acceptors (Lipinski definition) is 4. The Kier molecular flexibility index (Phi) is 9.09. The first-order chi connectivity index (χ1) is 20.5. The molecule has 2 amide bonds. The minimum atomic E-state index is -2.59. The van der Waals surface area contributed by atoms with E-state index in [2.05, 4.69) is 92.8 Å². The van der Waals surface area contributed by atoms with E-state index in [0.717, 1.165) is 12.0 Å². The van der Waals surface area contributed by atoms with E-state index in [0.29, 0.717) is 36.5 Å². The van der Waals surface area contributed by atoms with E-state index in [1.165, 1.54) is 22.2 Å². The number of carbonyl (C=O) groups is 2. The topological polar surface area (TPSA) is 67.9 Å². The van der Waals surface area contributed by atoms with Gasteiger partial charge in [-0.1, -0.05) is 93.6 Å². The SMILES string of the molecule is CC(=O)NC[C@H]1CN(C=CC=C(C2=C[C@@H]3[C@@H](CO[Si](c4ccccc4)(c4ccccc4)C(C)(C)C)[C@@H]3C2)C(C)F)C(=O)O1. The van der Waals surface area contributed by atoms with Gasteiger partial charge in [-0.2, -0.15) is 0 Å². The Morgan fingerprint density at radius 3 is 2.28 bits per heavy atom. The summed E-state index contributed by atoms with van der Waals surface area (Å²) in [6.07, 6.45) is 6.17. The van der Waals surface area contributed by atoms with E-state index < -0.39 is 26.7 Å². The number of cyclic esters (lactones) is 1. The van der Waals surface area contributed by atoms with Crippen molar-refractivity contribution in [1.29, 1.82) is 0 Å². The van der Waals surface area contributed by atoms with Crippen molar-refractivity contribution >= 4 is 30.7 Å². The van der Waals surface area contributed by atoms with Crippen LogP contribution in [0.15, 0.2) is 96.2 Å². The predicted molar refractivity (Wildman–Crippen MR) is 170 cm³/mol. The van der Waals surface area contributed by atoms with Crippen LogP contribution in [-0.4, -0.2) is 57.2 Å². The largest absolute Gasteiger partial charge is 0.442 e. The number of hydrogen-bond donors (Lipinski definition) is 1. The number of alkyl halides is 1. The highest BCUT2D eigenvalue weighted by Crippen LogP contribution is 2.58. The number of allylic oxidation sites excluding steroid dienone is 5. The van der Waals surface area contributed by atoms with E-state index in [9.17, 15) is 14.0 Å². The summed E-state index contributed by atoms with van der Waals surface area (Å²) >= 11 is 0. The zero-order valence-electron chi connectivity index (χ0n) is 25.8. The van der Waals surface area contributed by atoms with Gasteiger partial charge < -0.3 is 14.5 Å². The van der Waals surface area contributed by atoms with Crippen molar-refractivity contribution in [1.82, 2.24) is 10.2 Å². The molecule has 2 aromatic rings. The molecule has 2 fully saturated rings. The van der Waals surface area contributed by atoms with Crippen LogP contribution in [0.25, 0.3) is 0 Å². The molecule has 8 heteroatoms. The fraction of sp³-hybridized carbons (Fsp3) is 0.429. The molecule has 0 radical (unpaired) electrons. The first-order valence-electron chi connectivity index (χ1n) is 15.2.